The Morgan fingerprint density at radius 3 is 1.48 bits per heavy atom. The van der Waals surface area contributed by atoms with E-state index < -0.39 is 0 Å². The van der Waals surface area contributed by atoms with Gasteiger partial charge in [0.15, 0.2) is 0 Å². The number of benzene rings is 5. The standard InChI is InChI=1S/C28H15N5/c1-3-8-18-16(6-1)12-14-20-24(18)31-22-10-5-11-23-26(22)33(27(31)29-20)28-30-21-15-13-17-7-2-4-9-19(17)25(21)32(23)28/h1-15H. The van der Waals surface area contributed by atoms with Crippen molar-refractivity contribution in [2.75, 3.05) is 0 Å². The van der Waals surface area contributed by atoms with Crippen molar-refractivity contribution in [1.82, 2.24) is 23.2 Å². The molecule has 0 aliphatic carbocycles. The van der Waals surface area contributed by atoms with Gasteiger partial charge < -0.3 is 0 Å². The molecule has 9 rings (SSSR count). The topological polar surface area (TPSA) is 39.0 Å². The summed E-state index contributed by atoms with van der Waals surface area (Å²) >= 11 is 0. The molecule has 0 spiro atoms. The first-order valence-electron chi connectivity index (χ1n) is 11.1. The number of hydrogen-bond donors (Lipinski definition) is 0. The highest BCUT2D eigenvalue weighted by molar-refractivity contribution is 6.12. The molecule has 4 heterocycles. The highest BCUT2D eigenvalue weighted by Crippen LogP contribution is 2.37. The highest BCUT2D eigenvalue weighted by Gasteiger charge is 2.24. The molecule has 0 atom stereocenters. The van der Waals surface area contributed by atoms with Crippen molar-refractivity contribution >= 4 is 71.7 Å². The summed E-state index contributed by atoms with van der Waals surface area (Å²) in [6.45, 7) is 0. The summed E-state index contributed by atoms with van der Waals surface area (Å²) in [7, 11) is 0. The summed E-state index contributed by atoms with van der Waals surface area (Å²) in [6.07, 6.45) is 0. The van der Waals surface area contributed by atoms with Crippen molar-refractivity contribution in [3.05, 3.63) is 91.0 Å². The maximum atomic E-state index is 5.11. The van der Waals surface area contributed by atoms with Crippen molar-refractivity contribution in [3.63, 3.8) is 0 Å². The van der Waals surface area contributed by atoms with Crippen LogP contribution in [0.1, 0.15) is 0 Å². The maximum absolute atomic E-state index is 5.11. The minimum Gasteiger partial charge on any atom is -0.275 e. The largest absolute Gasteiger partial charge is 0.275 e. The minimum atomic E-state index is 0.905. The lowest BCUT2D eigenvalue weighted by molar-refractivity contribution is 1.15. The molecule has 0 aliphatic heterocycles. The highest BCUT2D eigenvalue weighted by atomic mass is 15.3. The molecule has 152 valence electrons. The van der Waals surface area contributed by atoms with Crippen LogP contribution in [0, 0.1) is 0 Å². The monoisotopic (exact) mass is 421 g/mol. The molecular formula is C28H15N5. The van der Waals surface area contributed by atoms with Gasteiger partial charge in [-0.1, -0.05) is 66.7 Å². The maximum Gasteiger partial charge on any atom is 0.223 e. The number of para-hydroxylation sites is 1. The van der Waals surface area contributed by atoms with Crippen molar-refractivity contribution in [3.8, 4) is 0 Å². The number of rotatable bonds is 0. The van der Waals surface area contributed by atoms with Crippen LogP contribution in [-0.4, -0.2) is 23.2 Å². The Morgan fingerprint density at radius 1 is 0.424 bits per heavy atom. The van der Waals surface area contributed by atoms with E-state index in [-0.39, 0.29) is 0 Å². The third-order valence-electron chi connectivity index (χ3n) is 7.15. The molecule has 0 unspecified atom stereocenters. The van der Waals surface area contributed by atoms with Crippen molar-refractivity contribution in [1.29, 1.82) is 0 Å². The molecule has 5 aromatic carbocycles. The second-order valence-corrected chi connectivity index (χ2v) is 8.78. The van der Waals surface area contributed by atoms with Crippen molar-refractivity contribution in [2.24, 2.45) is 0 Å². The average molecular weight is 421 g/mol. The van der Waals surface area contributed by atoms with Gasteiger partial charge in [-0.05, 0) is 35.0 Å². The van der Waals surface area contributed by atoms with Crippen LogP contribution in [-0.2, 0) is 0 Å². The Morgan fingerprint density at radius 2 is 0.939 bits per heavy atom. The van der Waals surface area contributed by atoms with Crippen LogP contribution in [0.25, 0.3) is 71.7 Å². The predicted octanol–water partition coefficient (Wildman–Crippen LogP) is 6.44. The van der Waals surface area contributed by atoms with Gasteiger partial charge in [-0.3, -0.25) is 8.80 Å². The SMILES string of the molecule is c1ccc2c(c1)ccc1nc3n(c4cccc5c4n3c3nc4ccc6ccccc6c4n53)c12. The number of aromatic nitrogens is 5. The Kier molecular flexibility index (Phi) is 2.54. The fourth-order valence-corrected chi connectivity index (χ4v) is 5.81. The molecule has 5 heteroatoms. The summed E-state index contributed by atoms with van der Waals surface area (Å²) in [5.41, 5.74) is 7.77. The van der Waals surface area contributed by atoms with E-state index in [4.69, 9.17) is 9.97 Å². The zero-order valence-electron chi connectivity index (χ0n) is 17.4. The third kappa shape index (κ3) is 1.71. The van der Waals surface area contributed by atoms with Gasteiger partial charge in [0.05, 0.1) is 33.1 Å². The van der Waals surface area contributed by atoms with Gasteiger partial charge in [0.25, 0.3) is 0 Å². The van der Waals surface area contributed by atoms with E-state index in [1.54, 1.807) is 0 Å². The zero-order chi connectivity index (χ0) is 21.3. The summed E-state index contributed by atoms with van der Waals surface area (Å²) in [5, 5.41) is 4.87. The van der Waals surface area contributed by atoms with Crippen LogP contribution in [0.15, 0.2) is 91.0 Å². The molecular weight excluding hydrogens is 406 g/mol. The minimum absolute atomic E-state index is 0.905. The average Bonchev–Trinajstić information content (AvgIpc) is 3.58. The number of imidazole rings is 4. The number of hydrogen-bond acceptors (Lipinski definition) is 2. The molecule has 0 fully saturated rings. The second-order valence-electron chi connectivity index (χ2n) is 8.78. The van der Waals surface area contributed by atoms with Gasteiger partial charge in [0.1, 0.15) is 5.52 Å². The molecule has 0 saturated heterocycles. The van der Waals surface area contributed by atoms with Crippen LogP contribution >= 0.6 is 0 Å². The number of fused-ring (bicyclic) bond motifs is 14. The van der Waals surface area contributed by atoms with Crippen LogP contribution in [0.3, 0.4) is 0 Å². The van der Waals surface area contributed by atoms with Crippen LogP contribution in [0.2, 0.25) is 0 Å². The third-order valence-corrected chi connectivity index (χ3v) is 7.15. The summed E-state index contributed by atoms with van der Waals surface area (Å²) in [4.78, 5) is 10.2. The van der Waals surface area contributed by atoms with E-state index in [2.05, 4.69) is 104 Å². The van der Waals surface area contributed by atoms with Gasteiger partial charge in [-0.15, -0.1) is 0 Å². The summed E-state index contributed by atoms with van der Waals surface area (Å²) in [6, 6.07) is 32.2. The summed E-state index contributed by atoms with van der Waals surface area (Å²) < 4.78 is 6.84. The fraction of sp³-hybridized carbons (Fsp3) is 0. The van der Waals surface area contributed by atoms with Crippen LogP contribution in [0.4, 0.5) is 0 Å². The van der Waals surface area contributed by atoms with Crippen LogP contribution < -0.4 is 0 Å². The quantitative estimate of drug-likeness (QED) is 0.283. The molecule has 5 nitrogen and oxygen atoms in total. The smallest absolute Gasteiger partial charge is 0.223 e. The lowest BCUT2D eigenvalue weighted by Crippen LogP contribution is -1.88. The lowest BCUT2D eigenvalue weighted by Gasteiger charge is -2.02. The zero-order valence-corrected chi connectivity index (χ0v) is 17.4. The molecule has 0 amide bonds. The molecule has 0 N–H and O–H groups in total. The van der Waals surface area contributed by atoms with Gasteiger partial charge in [-0.2, -0.15) is 0 Å². The molecule has 0 saturated carbocycles. The van der Waals surface area contributed by atoms with Gasteiger partial charge >= 0.3 is 0 Å². The van der Waals surface area contributed by atoms with Crippen molar-refractivity contribution < 1.29 is 0 Å². The van der Waals surface area contributed by atoms with Gasteiger partial charge in [-0.25, -0.2) is 14.4 Å². The Bertz CT molecular complexity index is 2090. The van der Waals surface area contributed by atoms with E-state index in [1.807, 2.05) is 0 Å². The van der Waals surface area contributed by atoms with Crippen LogP contribution in [0.5, 0.6) is 0 Å². The lowest BCUT2D eigenvalue weighted by atomic mass is 10.1. The van der Waals surface area contributed by atoms with E-state index >= 15 is 0 Å². The first-order chi connectivity index (χ1) is 16.4. The van der Waals surface area contributed by atoms with E-state index in [0.29, 0.717) is 0 Å². The number of nitrogens with zero attached hydrogens (tertiary/aromatic N) is 5. The Labute approximate surface area is 186 Å². The van der Waals surface area contributed by atoms with E-state index in [0.717, 1.165) is 50.2 Å². The van der Waals surface area contributed by atoms with Gasteiger partial charge in [0.2, 0.25) is 11.6 Å². The summed E-state index contributed by atoms with van der Waals surface area (Å²) in [5.74, 6) is 1.81. The van der Waals surface area contributed by atoms with E-state index in [1.165, 1.54) is 21.5 Å². The van der Waals surface area contributed by atoms with Gasteiger partial charge in [0, 0.05) is 10.8 Å². The first kappa shape index (κ1) is 16.1. The Balaban J connectivity index is 1.62. The molecule has 4 aromatic heterocycles. The molecule has 9 aromatic rings. The molecule has 0 aliphatic rings. The molecule has 0 bridgehead atoms. The normalized spacial score (nSPS) is 12.8. The fourth-order valence-electron chi connectivity index (χ4n) is 5.81. The predicted molar refractivity (Wildman–Crippen MR) is 134 cm³/mol. The first-order valence-corrected chi connectivity index (χ1v) is 11.1. The van der Waals surface area contributed by atoms with E-state index in [9.17, 15) is 0 Å². The molecule has 0 radical (unpaired) electrons. The molecule has 33 heavy (non-hydrogen) atoms. The Hall–Kier alpha value is -4.64. The van der Waals surface area contributed by atoms with Crippen molar-refractivity contribution in [2.45, 2.75) is 0 Å². The second kappa shape index (κ2) is 5.22.